The van der Waals surface area contributed by atoms with Crippen molar-refractivity contribution in [3.63, 3.8) is 0 Å². The van der Waals surface area contributed by atoms with E-state index in [2.05, 4.69) is 15.2 Å². The third kappa shape index (κ3) is 3.22. The molecule has 4 nitrogen and oxygen atoms in total. The largest absolute Gasteiger partial charge is 0.357 e. The number of aromatic nitrogens is 1. The highest BCUT2D eigenvalue weighted by Crippen LogP contribution is 2.17. The molecule has 1 saturated heterocycles. The summed E-state index contributed by atoms with van der Waals surface area (Å²) in [5.74, 6) is 0.829. The van der Waals surface area contributed by atoms with Gasteiger partial charge in [0.15, 0.2) is 0 Å². The highest BCUT2D eigenvalue weighted by molar-refractivity contribution is 5.92. The second-order valence-corrected chi connectivity index (χ2v) is 5.06. The Labute approximate surface area is 108 Å². The molecular formula is C14H21N3O. The number of nitrogens with zero attached hydrogens (tertiary/aromatic N) is 2. The van der Waals surface area contributed by atoms with Crippen LogP contribution in [0.3, 0.4) is 0 Å². The van der Waals surface area contributed by atoms with Crippen LogP contribution in [0.25, 0.3) is 0 Å². The van der Waals surface area contributed by atoms with E-state index >= 15 is 0 Å². The van der Waals surface area contributed by atoms with Crippen molar-refractivity contribution < 1.29 is 4.79 Å². The third-order valence-electron chi connectivity index (χ3n) is 3.07. The lowest BCUT2D eigenvalue weighted by Gasteiger charge is -2.27. The van der Waals surface area contributed by atoms with Gasteiger partial charge in [-0.2, -0.15) is 0 Å². The number of nitrogens with one attached hydrogen (secondary N) is 1. The maximum atomic E-state index is 11.9. The van der Waals surface area contributed by atoms with E-state index in [4.69, 9.17) is 0 Å². The predicted octanol–water partition coefficient (Wildman–Crippen LogP) is 2.21. The van der Waals surface area contributed by atoms with Gasteiger partial charge in [-0.3, -0.25) is 4.79 Å². The lowest BCUT2D eigenvalue weighted by Crippen LogP contribution is -2.33. The first-order valence-corrected chi connectivity index (χ1v) is 6.69. The van der Waals surface area contributed by atoms with Crippen molar-refractivity contribution in [2.24, 2.45) is 0 Å². The number of pyridine rings is 1. The summed E-state index contributed by atoms with van der Waals surface area (Å²) < 4.78 is 0. The Bertz CT molecular complexity index is 411. The van der Waals surface area contributed by atoms with Gasteiger partial charge in [0, 0.05) is 19.1 Å². The van der Waals surface area contributed by atoms with E-state index in [1.807, 2.05) is 26.0 Å². The highest BCUT2D eigenvalue weighted by atomic mass is 16.1. The zero-order valence-corrected chi connectivity index (χ0v) is 11.1. The molecule has 2 rings (SSSR count). The van der Waals surface area contributed by atoms with Crippen molar-refractivity contribution >= 4 is 11.7 Å². The van der Waals surface area contributed by atoms with Crippen LogP contribution in [0.2, 0.25) is 0 Å². The summed E-state index contributed by atoms with van der Waals surface area (Å²) >= 11 is 0. The molecule has 0 spiro atoms. The summed E-state index contributed by atoms with van der Waals surface area (Å²) in [5.41, 5.74) is 0.506. The van der Waals surface area contributed by atoms with E-state index in [0.29, 0.717) is 5.69 Å². The van der Waals surface area contributed by atoms with E-state index in [9.17, 15) is 4.79 Å². The first-order valence-electron chi connectivity index (χ1n) is 6.69. The van der Waals surface area contributed by atoms with Crippen LogP contribution in [0, 0.1) is 0 Å². The van der Waals surface area contributed by atoms with Crippen molar-refractivity contribution in [3.05, 3.63) is 23.9 Å². The Hall–Kier alpha value is -1.58. The van der Waals surface area contributed by atoms with Crippen molar-refractivity contribution in [3.8, 4) is 0 Å². The number of amides is 1. The standard InChI is InChI=1S/C14H21N3O/c1-11(2)15-14(18)12-7-6-8-13(16-12)17-9-4-3-5-10-17/h6-8,11H,3-5,9-10H2,1-2H3,(H,15,18). The van der Waals surface area contributed by atoms with Crippen molar-refractivity contribution in [1.82, 2.24) is 10.3 Å². The molecule has 1 fully saturated rings. The summed E-state index contributed by atoms with van der Waals surface area (Å²) in [5, 5.41) is 2.87. The Morgan fingerprint density at radius 2 is 2.00 bits per heavy atom. The molecule has 1 N–H and O–H groups in total. The SMILES string of the molecule is CC(C)NC(=O)c1cccc(N2CCCCC2)n1. The summed E-state index contributed by atoms with van der Waals surface area (Å²) in [6, 6.07) is 5.80. The number of hydrogen-bond donors (Lipinski definition) is 1. The second kappa shape index (κ2) is 5.85. The van der Waals surface area contributed by atoms with Crippen molar-refractivity contribution in [2.45, 2.75) is 39.2 Å². The van der Waals surface area contributed by atoms with Gasteiger partial charge < -0.3 is 10.2 Å². The van der Waals surface area contributed by atoms with E-state index in [1.54, 1.807) is 6.07 Å². The summed E-state index contributed by atoms with van der Waals surface area (Å²) in [7, 11) is 0. The van der Waals surface area contributed by atoms with Crippen molar-refractivity contribution in [2.75, 3.05) is 18.0 Å². The quantitative estimate of drug-likeness (QED) is 0.890. The third-order valence-corrected chi connectivity index (χ3v) is 3.07. The first-order chi connectivity index (χ1) is 8.66. The van der Waals surface area contributed by atoms with Gasteiger partial charge in [0.2, 0.25) is 0 Å². The van der Waals surface area contributed by atoms with Gasteiger partial charge in [0.25, 0.3) is 5.91 Å². The average molecular weight is 247 g/mol. The molecule has 0 radical (unpaired) electrons. The molecule has 18 heavy (non-hydrogen) atoms. The molecule has 1 aliphatic rings. The van der Waals surface area contributed by atoms with Crippen LogP contribution in [-0.2, 0) is 0 Å². The maximum Gasteiger partial charge on any atom is 0.270 e. The molecule has 2 heterocycles. The summed E-state index contributed by atoms with van der Waals surface area (Å²) in [6.45, 7) is 5.99. The van der Waals surface area contributed by atoms with Gasteiger partial charge >= 0.3 is 0 Å². The lowest BCUT2D eigenvalue weighted by molar-refractivity contribution is 0.0938. The van der Waals surface area contributed by atoms with Gasteiger partial charge in [0.1, 0.15) is 11.5 Å². The highest BCUT2D eigenvalue weighted by Gasteiger charge is 2.14. The van der Waals surface area contributed by atoms with Crippen LogP contribution in [0.15, 0.2) is 18.2 Å². The maximum absolute atomic E-state index is 11.9. The smallest absolute Gasteiger partial charge is 0.270 e. The molecule has 0 aromatic carbocycles. The molecule has 98 valence electrons. The monoisotopic (exact) mass is 247 g/mol. The Morgan fingerprint density at radius 1 is 1.28 bits per heavy atom. The van der Waals surface area contributed by atoms with Crippen LogP contribution in [-0.4, -0.2) is 30.0 Å². The lowest BCUT2D eigenvalue weighted by atomic mass is 10.1. The number of piperidine rings is 1. The molecule has 0 unspecified atom stereocenters. The van der Waals surface area contributed by atoms with Gasteiger partial charge in [-0.1, -0.05) is 6.07 Å². The van der Waals surface area contributed by atoms with Crippen molar-refractivity contribution in [1.29, 1.82) is 0 Å². The molecule has 0 atom stereocenters. The molecule has 1 aromatic rings. The van der Waals surface area contributed by atoms with Crippen LogP contribution < -0.4 is 10.2 Å². The van der Waals surface area contributed by atoms with Gasteiger partial charge in [0.05, 0.1) is 0 Å². The molecular weight excluding hydrogens is 226 g/mol. The topological polar surface area (TPSA) is 45.2 Å². The number of rotatable bonds is 3. The fraction of sp³-hybridized carbons (Fsp3) is 0.571. The Morgan fingerprint density at radius 3 is 2.67 bits per heavy atom. The molecule has 0 saturated carbocycles. The Balaban J connectivity index is 2.11. The average Bonchev–Trinajstić information content (AvgIpc) is 2.39. The minimum absolute atomic E-state index is 0.0936. The zero-order chi connectivity index (χ0) is 13.0. The fourth-order valence-corrected chi connectivity index (χ4v) is 2.18. The van der Waals surface area contributed by atoms with Crippen LogP contribution in [0.4, 0.5) is 5.82 Å². The number of anilines is 1. The molecule has 0 bridgehead atoms. The van der Waals surface area contributed by atoms with E-state index in [1.165, 1.54) is 19.3 Å². The first kappa shape index (κ1) is 12.9. The second-order valence-electron chi connectivity index (χ2n) is 5.06. The molecule has 1 amide bonds. The van der Waals surface area contributed by atoms with E-state index in [-0.39, 0.29) is 11.9 Å². The van der Waals surface area contributed by atoms with Crippen LogP contribution in [0.5, 0.6) is 0 Å². The van der Waals surface area contributed by atoms with E-state index in [0.717, 1.165) is 18.9 Å². The number of carbonyl (C=O) groups is 1. The van der Waals surface area contributed by atoms with E-state index < -0.39 is 0 Å². The fourth-order valence-electron chi connectivity index (χ4n) is 2.18. The predicted molar refractivity (Wildman–Crippen MR) is 72.9 cm³/mol. The number of hydrogen-bond acceptors (Lipinski definition) is 3. The van der Waals surface area contributed by atoms with Crippen LogP contribution >= 0.6 is 0 Å². The zero-order valence-electron chi connectivity index (χ0n) is 11.1. The summed E-state index contributed by atoms with van der Waals surface area (Å²) in [4.78, 5) is 18.6. The minimum atomic E-state index is -0.0936. The van der Waals surface area contributed by atoms with Gasteiger partial charge in [-0.05, 0) is 45.2 Å². The molecule has 0 aliphatic carbocycles. The molecule has 4 heteroatoms. The van der Waals surface area contributed by atoms with Crippen LogP contribution in [0.1, 0.15) is 43.6 Å². The summed E-state index contributed by atoms with van der Waals surface area (Å²) in [6.07, 6.45) is 3.72. The van der Waals surface area contributed by atoms with Gasteiger partial charge in [-0.25, -0.2) is 4.98 Å². The molecule has 1 aliphatic heterocycles. The molecule has 1 aromatic heterocycles. The number of carbonyl (C=O) groups excluding carboxylic acids is 1. The normalized spacial score (nSPS) is 15.8. The minimum Gasteiger partial charge on any atom is -0.357 e. The Kier molecular flexibility index (Phi) is 4.18. The van der Waals surface area contributed by atoms with Gasteiger partial charge in [-0.15, -0.1) is 0 Å².